The Hall–Kier alpha value is -3.08. The lowest BCUT2D eigenvalue weighted by molar-refractivity contribution is -0.143. The number of carbonyl (C=O) groups is 2. The molecule has 0 aliphatic carbocycles. The Morgan fingerprint density at radius 3 is 2.90 bits per heavy atom. The number of aromatic nitrogens is 1. The summed E-state index contributed by atoms with van der Waals surface area (Å²) in [6.45, 7) is 6.13. The lowest BCUT2D eigenvalue weighted by atomic mass is 9.98. The molecule has 10 heteroatoms. The Bertz CT molecular complexity index is 1190. The molecule has 9 nitrogen and oxygen atoms in total. The molecule has 2 atom stereocenters. The molecule has 2 unspecified atom stereocenters. The number of aliphatic carboxylic acids is 1. The monoisotopic (exact) mass is 571 g/mol. The molecule has 2 aliphatic rings. The molecule has 2 N–H and O–H groups in total. The third-order valence-electron chi connectivity index (χ3n) is 7.80. The van der Waals surface area contributed by atoms with Crippen LogP contribution in [0.25, 0.3) is 0 Å². The number of carbonyl (C=O) groups excluding carboxylic acids is 1. The van der Waals surface area contributed by atoms with E-state index in [0.717, 1.165) is 67.8 Å². The van der Waals surface area contributed by atoms with E-state index in [1.54, 1.807) is 27.0 Å². The number of halogens is 1. The van der Waals surface area contributed by atoms with Crippen LogP contribution in [-0.2, 0) is 38.5 Å². The van der Waals surface area contributed by atoms with Crippen LogP contribution < -0.4 is 10.1 Å². The van der Waals surface area contributed by atoms with Crippen molar-refractivity contribution in [2.45, 2.75) is 83.1 Å². The summed E-state index contributed by atoms with van der Waals surface area (Å²) in [6.07, 6.45) is 6.23. The number of nitrogens with zero attached hydrogens (tertiary/aromatic N) is 2. The Kier molecular flexibility index (Phi) is 10.7. The molecule has 0 bridgehead atoms. The van der Waals surface area contributed by atoms with Crippen LogP contribution in [0.2, 0.25) is 0 Å². The fourth-order valence-electron chi connectivity index (χ4n) is 5.52. The average Bonchev–Trinajstić information content (AvgIpc) is 3.40. The van der Waals surface area contributed by atoms with E-state index in [2.05, 4.69) is 5.32 Å². The van der Waals surface area contributed by atoms with Crippen molar-refractivity contribution in [2.75, 3.05) is 38.7 Å². The largest absolute Gasteiger partial charge is 0.496 e. The summed E-state index contributed by atoms with van der Waals surface area (Å²) < 4.78 is 31.9. The summed E-state index contributed by atoms with van der Waals surface area (Å²) in [4.78, 5) is 30.0. The van der Waals surface area contributed by atoms with Gasteiger partial charge in [-0.1, -0.05) is 6.07 Å². The number of methoxy groups -OCH3 is 1. The number of likely N-dealkylation sites (tertiary alicyclic amines) is 1. The molecule has 3 heterocycles. The number of rotatable bonds is 15. The van der Waals surface area contributed by atoms with Crippen molar-refractivity contribution in [1.82, 2.24) is 9.88 Å². The minimum Gasteiger partial charge on any atom is -0.496 e. The predicted molar refractivity (Wildman–Crippen MR) is 153 cm³/mol. The summed E-state index contributed by atoms with van der Waals surface area (Å²) >= 11 is 0. The first-order valence-electron chi connectivity index (χ1n) is 14.5. The number of hydrogen-bond acceptors (Lipinski definition) is 8. The van der Waals surface area contributed by atoms with Gasteiger partial charge in [-0.3, -0.25) is 9.69 Å². The van der Waals surface area contributed by atoms with Crippen LogP contribution in [0, 0.1) is 5.82 Å². The van der Waals surface area contributed by atoms with Gasteiger partial charge in [0.05, 0.1) is 25.4 Å². The average molecular weight is 572 g/mol. The van der Waals surface area contributed by atoms with E-state index in [0.29, 0.717) is 37.2 Å². The molecule has 224 valence electrons. The highest BCUT2D eigenvalue weighted by molar-refractivity contribution is 5.76. The number of anilines is 1. The summed E-state index contributed by atoms with van der Waals surface area (Å²) in [7, 11) is 1.70. The maximum atomic E-state index is 14.3. The Morgan fingerprint density at radius 1 is 1.32 bits per heavy atom. The third-order valence-corrected chi connectivity index (χ3v) is 7.80. The minimum absolute atomic E-state index is 0.0784. The molecule has 0 saturated carbocycles. The van der Waals surface area contributed by atoms with Crippen LogP contribution in [0.4, 0.5) is 10.2 Å². The zero-order valence-corrected chi connectivity index (χ0v) is 24.3. The van der Waals surface area contributed by atoms with Gasteiger partial charge in [0, 0.05) is 50.0 Å². The van der Waals surface area contributed by atoms with Crippen molar-refractivity contribution in [3.8, 4) is 5.75 Å². The van der Waals surface area contributed by atoms with E-state index in [1.807, 2.05) is 11.0 Å². The molecule has 1 fully saturated rings. The first-order chi connectivity index (χ1) is 19.7. The molecule has 0 radical (unpaired) electrons. The van der Waals surface area contributed by atoms with Gasteiger partial charge in [-0.2, -0.15) is 0 Å². The number of carboxylic acid groups (broad SMARTS) is 1. The second kappa shape index (κ2) is 14.2. The summed E-state index contributed by atoms with van der Waals surface area (Å²) in [5.74, 6) is 0.270. The molecule has 1 saturated heterocycles. The van der Waals surface area contributed by atoms with Crippen molar-refractivity contribution in [3.05, 3.63) is 52.5 Å². The van der Waals surface area contributed by atoms with Crippen LogP contribution in [0.5, 0.6) is 5.75 Å². The number of ether oxygens (including phenoxy) is 3. The van der Waals surface area contributed by atoms with Gasteiger partial charge in [-0.05, 0) is 75.6 Å². The van der Waals surface area contributed by atoms with E-state index in [4.69, 9.17) is 19.2 Å². The molecule has 4 rings (SSSR count). The second-order valence-electron chi connectivity index (χ2n) is 11.4. The lowest BCUT2D eigenvalue weighted by Gasteiger charge is -2.28. The number of pyridine rings is 1. The maximum absolute atomic E-state index is 14.3. The molecule has 1 aromatic carbocycles. The van der Waals surface area contributed by atoms with Gasteiger partial charge >= 0.3 is 5.97 Å². The fourth-order valence-corrected chi connectivity index (χ4v) is 5.52. The molecule has 41 heavy (non-hydrogen) atoms. The van der Waals surface area contributed by atoms with Crippen LogP contribution in [0.15, 0.2) is 24.3 Å². The summed E-state index contributed by atoms with van der Waals surface area (Å²) in [6, 6.07) is 5.15. The predicted octanol–water partition coefficient (Wildman–Crippen LogP) is 4.71. The van der Waals surface area contributed by atoms with Crippen molar-refractivity contribution in [2.24, 2.45) is 0 Å². The number of aldehydes is 1. The summed E-state index contributed by atoms with van der Waals surface area (Å²) in [5.41, 5.74) is 2.39. The highest BCUT2D eigenvalue weighted by Gasteiger charge is 2.35. The topological polar surface area (TPSA) is 110 Å². The van der Waals surface area contributed by atoms with Crippen molar-refractivity contribution in [1.29, 1.82) is 0 Å². The molecule has 1 aromatic heterocycles. The smallest absolute Gasteiger partial charge is 0.325 e. The highest BCUT2D eigenvalue weighted by atomic mass is 19.1. The Morgan fingerprint density at radius 2 is 2.15 bits per heavy atom. The van der Waals surface area contributed by atoms with Gasteiger partial charge < -0.3 is 29.4 Å². The third kappa shape index (κ3) is 8.24. The number of aryl methyl sites for hydroxylation is 1. The molecule has 2 aliphatic heterocycles. The number of fused-ring (bicyclic) bond motifs is 1. The quantitative estimate of drug-likeness (QED) is 0.232. The van der Waals surface area contributed by atoms with Gasteiger partial charge in [-0.15, -0.1) is 0 Å². The maximum Gasteiger partial charge on any atom is 0.325 e. The van der Waals surface area contributed by atoms with Gasteiger partial charge in [0.15, 0.2) is 0 Å². The Balaban J connectivity index is 1.30. The van der Waals surface area contributed by atoms with Crippen LogP contribution in [-0.4, -0.2) is 72.3 Å². The van der Waals surface area contributed by atoms with E-state index < -0.39 is 23.4 Å². The SMILES string of the molecule is COc1cc(CCCCOC2CCN(C(C(=O)O)c3cc(F)ccc3COC(C)(C)CC=O)C2)nc2c1CCCN2. The normalized spacial score (nSPS) is 18.0. The lowest BCUT2D eigenvalue weighted by Crippen LogP contribution is -2.34. The Labute approximate surface area is 241 Å². The van der Waals surface area contributed by atoms with Gasteiger partial charge in [0.25, 0.3) is 0 Å². The zero-order valence-electron chi connectivity index (χ0n) is 24.3. The summed E-state index contributed by atoms with van der Waals surface area (Å²) in [5, 5.41) is 13.5. The molecular formula is C31H42FN3O6. The van der Waals surface area contributed by atoms with Gasteiger partial charge in [0.1, 0.15) is 29.7 Å². The molecule has 0 amide bonds. The molecule has 0 spiro atoms. The van der Waals surface area contributed by atoms with Crippen LogP contribution in [0.1, 0.15) is 74.4 Å². The number of hydrogen-bond donors (Lipinski definition) is 2. The van der Waals surface area contributed by atoms with Gasteiger partial charge in [-0.25, -0.2) is 9.37 Å². The standard InChI is InChI=1S/C31H42FN3O6/c1-31(2,12-15-36)41-20-21-9-10-22(32)17-26(21)28(30(37)38)35-14-11-24(19-35)40-16-5-4-7-23-18-27(39-3)25-8-6-13-33-29(25)34-23/h9-10,15,17-18,24,28H,4-8,11-14,16,19-20H2,1-3H3,(H,33,34)(H,37,38). The fraction of sp³-hybridized carbons (Fsp3) is 0.581. The van der Waals surface area contributed by atoms with E-state index in [9.17, 15) is 19.1 Å². The first kappa shape index (κ1) is 30.9. The number of unbranched alkanes of at least 4 members (excludes halogenated alkanes) is 1. The van der Waals surface area contributed by atoms with Crippen molar-refractivity contribution >= 4 is 18.1 Å². The van der Waals surface area contributed by atoms with Gasteiger partial charge in [0.2, 0.25) is 0 Å². The van der Waals surface area contributed by atoms with E-state index in [1.165, 1.54) is 12.1 Å². The van der Waals surface area contributed by atoms with Crippen molar-refractivity contribution in [3.63, 3.8) is 0 Å². The van der Waals surface area contributed by atoms with E-state index in [-0.39, 0.29) is 19.1 Å². The first-order valence-corrected chi connectivity index (χ1v) is 14.5. The number of carboxylic acids is 1. The zero-order chi connectivity index (χ0) is 29.4. The molecule has 2 aromatic rings. The van der Waals surface area contributed by atoms with Crippen LogP contribution in [0.3, 0.4) is 0 Å². The molecular weight excluding hydrogens is 529 g/mol. The van der Waals surface area contributed by atoms with Crippen LogP contribution >= 0.6 is 0 Å². The minimum atomic E-state index is -1.05. The number of benzene rings is 1. The van der Waals surface area contributed by atoms with E-state index >= 15 is 0 Å². The second-order valence-corrected chi connectivity index (χ2v) is 11.4. The highest BCUT2D eigenvalue weighted by Crippen LogP contribution is 2.32. The number of nitrogens with one attached hydrogen (secondary N) is 1. The van der Waals surface area contributed by atoms with Crippen molar-refractivity contribution < 1.29 is 33.3 Å².